The molecule has 0 aromatic heterocycles. The molecule has 8 heteroatoms. The summed E-state index contributed by atoms with van der Waals surface area (Å²) < 4.78 is 0. The van der Waals surface area contributed by atoms with Gasteiger partial charge in [0.2, 0.25) is 11.9 Å². The van der Waals surface area contributed by atoms with Gasteiger partial charge in [-0.15, -0.1) is 5.10 Å². The Morgan fingerprint density at radius 3 is 2.67 bits per heavy atom. The lowest BCUT2D eigenvalue weighted by atomic mass is 10.1. The maximum atomic E-state index is 7.37. The average Bonchev–Trinajstić information content (AvgIpc) is 2.39. The summed E-state index contributed by atoms with van der Waals surface area (Å²) in [6.07, 6.45) is 0.587. The highest BCUT2D eigenvalue weighted by molar-refractivity contribution is 5.88. The molecular formula is C7H16N8. The van der Waals surface area contributed by atoms with E-state index in [1.807, 2.05) is 6.92 Å². The Balaban J connectivity index is 2.84. The van der Waals surface area contributed by atoms with E-state index in [1.54, 1.807) is 6.92 Å². The zero-order valence-electron chi connectivity index (χ0n) is 8.78. The van der Waals surface area contributed by atoms with Gasteiger partial charge >= 0.3 is 0 Å². The highest BCUT2D eigenvalue weighted by atomic mass is 15.6. The van der Waals surface area contributed by atoms with Crippen LogP contribution in [0.3, 0.4) is 0 Å². The third kappa shape index (κ3) is 2.27. The van der Waals surface area contributed by atoms with Gasteiger partial charge in [-0.2, -0.15) is 5.10 Å². The molecule has 1 aliphatic heterocycles. The lowest BCUT2D eigenvalue weighted by Gasteiger charge is -2.32. The molecule has 1 unspecified atom stereocenters. The molecule has 0 bridgehead atoms. The molecule has 8 N–H and O–H groups in total. The fourth-order valence-corrected chi connectivity index (χ4v) is 1.48. The predicted molar refractivity (Wildman–Crippen MR) is 58.8 cm³/mol. The fourth-order valence-electron chi connectivity index (χ4n) is 1.48. The third-order valence-electron chi connectivity index (χ3n) is 1.99. The molecule has 84 valence electrons. The second kappa shape index (κ2) is 3.64. The quantitative estimate of drug-likeness (QED) is 0.214. The topological polar surface area (TPSA) is 142 Å². The predicted octanol–water partition coefficient (Wildman–Crippen LogP) is -1.54. The largest absolute Gasteiger partial charge is 0.369 e. The van der Waals surface area contributed by atoms with Crippen molar-refractivity contribution in [1.29, 1.82) is 5.41 Å². The SMILES string of the molecule is CC1=NN(C(=N)N)C(C)(NN=C(N)N)C1. The highest BCUT2D eigenvalue weighted by Gasteiger charge is 2.38. The number of nitrogens with zero attached hydrogens (tertiary/aromatic N) is 3. The van der Waals surface area contributed by atoms with Gasteiger partial charge in [-0.3, -0.25) is 10.8 Å². The van der Waals surface area contributed by atoms with Gasteiger partial charge in [0.1, 0.15) is 0 Å². The zero-order chi connectivity index (χ0) is 11.6. The molecule has 0 radical (unpaired) electrons. The van der Waals surface area contributed by atoms with Crippen LogP contribution in [-0.4, -0.2) is 28.3 Å². The summed E-state index contributed by atoms with van der Waals surface area (Å²) in [6, 6.07) is 0. The lowest BCUT2D eigenvalue weighted by molar-refractivity contribution is 0.180. The summed E-state index contributed by atoms with van der Waals surface area (Å²) in [5.74, 6) is -0.239. The molecule has 0 saturated heterocycles. The minimum atomic E-state index is -0.681. The van der Waals surface area contributed by atoms with Gasteiger partial charge < -0.3 is 17.2 Å². The molecule has 0 aromatic carbocycles. The molecule has 1 aliphatic rings. The van der Waals surface area contributed by atoms with Crippen molar-refractivity contribution in [1.82, 2.24) is 10.4 Å². The van der Waals surface area contributed by atoms with Gasteiger partial charge in [0.05, 0.1) is 0 Å². The Morgan fingerprint density at radius 2 is 2.20 bits per heavy atom. The molecule has 0 aromatic rings. The summed E-state index contributed by atoms with van der Waals surface area (Å²) >= 11 is 0. The first-order chi connectivity index (χ1) is 6.85. The Labute approximate surface area is 87.7 Å². The molecule has 15 heavy (non-hydrogen) atoms. The van der Waals surface area contributed by atoms with Crippen LogP contribution in [-0.2, 0) is 0 Å². The van der Waals surface area contributed by atoms with Crippen molar-refractivity contribution < 1.29 is 0 Å². The zero-order valence-corrected chi connectivity index (χ0v) is 8.78. The molecule has 1 heterocycles. The Kier molecular flexibility index (Phi) is 2.69. The lowest BCUT2D eigenvalue weighted by Crippen LogP contribution is -2.55. The van der Waals surface area contributed by atoms with Crippen LogP contribution in [0, 0.1) is 5.41 Å². The Morgan fingerprint density at radius 1 is 1.60 bits per heavy atom. The van der Waals surface area contributed by atoms with Crippen LogP contribution in [0.15, 0.2) is 10.2 Å². The van der Waals surface area contributed by atoms with Crippen molar-refractivity contribution in [3.05, 3.63) is 0 Å². The molecule has 0 amide bonds. The van der Waals surface area contributed by atoms with Crippen LogP contribution >= 0.6 is 0 Å². The number of nitrogens with one attached hydrogen (secondary N) is 2. The molecule has 0 saturated carbocycles. The molecule has 0 spiro atoms. The summed E-state index contributed by atoms with van der Waals surface area (Å²) in [5, 5.41) is 16.5. The molecular weight excluding hydrogens is 196 g/mol. The smallest absolute Gasteiger partial charge is 0.211 e. The number of hydrogen-bond acceptors (Lipinski definition) is 4. The second-order valence-corrected chi connectivity index (χ2v) is 3.63. The van der Waals surface area contributed by atoms with E-state index in [0.29, 0.717) is 6.42 Å². The molecule has 0 fully saturated rings. The fraction of sp³-hybridized carbons (Fsp3) is 0.571. The van der Waals surface area contributed by atoms with Crippen molar-refractivity contribution in [3.8, 4) is 0 Å². The van der Waals surface area contributed by atoms with Crippen molar-refractivity contribution in [3.63, 3.8) is 0 Å². The summed E-state index contributed by atoms with van der Waals surface area (Å²) in [4.78, 5) is 0. The first-order valence-electron chi connectivity index (χ1n) is 4.39. The van der Waals surface area contributed by atoms with Crippen molar-refractivity contribution in [2.24, 2.45) is 27.4 Å². The number of guanidine groups is 2. The molecule has 1 atom stereocenters. The first kappa shape index (κ1) is 11.1. The van der Waals surface area contributed by atoms with Crippen LogP contribution < -0.4 is 22.6 Å². The van der Waals surface area contributed by atoms with Gasteiger partial charge in [0.15, 0.2) is 5.66 Å². The monoisotopic (exact) mass is 212 g/mol. The Bertz CT molecular complexity index is 328. The maximum Gasteiger partial charge on any atom is 0.211 e. The van der Waals surface area contributed by atoms with Gasteiger partial charge in [0.25, 0.3) is 0 Å². The van der Waals surface area contributed by atoms with E-state index < -0.39 is 5.66 Å². The van der Waals surface area contributed by atoms with E-state index in [9.17, 15) is 0 Å². The van der Waals surface area contributed by atoms with E-state index in [-0.39, 0.29) is 11.9 Å². The third-order valence-corrected chi connectivity index (χ3v) is 1.99. The van der Waals surface area contributed by atoms with Crippen molar-refractivity contribution in [2.75, 3.05) is 0 Å². The minimum absolute atomic E-state index is 0.0794. The van der Waals surface area contributed by atoms with Crippen LogP contribution in [0.2, 0.25) is 0 Å². The summed E-state index contributed by atoms with van der Waals surface area (Å²) in [6.45, 7) is 3.65. The van der Waals surface area contributed by atoms with Crippen LogP contribution in [0.1, 0.15) is 20.3 Å². The number of rotatable bonds is 2. The van der Waals surface area contributed by atoms with Gasteiger partial charge in [-0.25, -0.2) is 5.01 Å². The summed E-state index contributed by atoms with van der Waals surface area (Å²) in [7, 11) is 0. The van der Waals surface area contributed by atoms with E-state index in [4.69, 9.17) is 22.6 Å². The van der Waals surface area contributed by atoms with Crippen molar-refractivity contribution in [2.45, 2.75) is 25.9 Å². The van der Waals surface area contributed by atoms with E-state index in [2.05, 4.69) is 15.6 Å². The normalized spacial score (nSPS) is 24.7. The van der Waals surface area contributed by atoms with Gasteiger partial charge in [-0.05, 0) is 13.8 Å². The van der Waals surface area contributed by atoms with Crippen LogP contribution in [0.5, 0.6) is 0 Å². The molecule has 1 rings (SSSR count). The summed E-state index contributed by atoms with van der Waals surface area (Å²) in [5.41, 5.74) is 18.7. The highest BCUT2D eigenvalue weighted by Crippen LogP contribution is 2.23. The maximum absolute atomic E-state index is 7.37. The number of nitrogens with two attached hydrogens (primary N) is 3. The van der Waals surface area contributed by atoms with Crippen LogP contribution in [0.4, 0.5) is 0 Å². The van der Waals surface area contributed by atoms with Gasteiger partial charge in [-0.1, -0.05) is 0 Å². The number of hydrogen-bond donors (Lipinski definition) is 5. The minimum Gasteiger partial charge on any atom is -0.369 e. The van der Waals surface area contributed by atoms with Gasteiger partial charge in [0, 0.05) is 12.1 Å². The average molecular weight is 212 g/mol. The first-order valence-corrected chi connectivity index (χ1v) is 4.39. The van der Waals surface area contributed by atoms with E-state index >= 15 is 0 Å². The van der Waals surface area contributed by atoms with Crippen molar-refractivity contribution >= 4 is 17.6 Å². The van der Waals surface area contributed by atoms with Crippen LogP contribution in [0.25, 0.3) is 0 Å². The molecule has 8 nitrogen and oxygen atoms in total. The Hall–Kier alpha value is -1.99. The van der Waals surface area contributed by atoms with E-state index in [1.165, 1.54) is 5.01 Å². The second-order valence-electron chi connectivity index (χ2n) is 3.63. The standard InChI is InChI=1S/C7H16N8/c1-4-3-7(2,14-12-5(8)9)15(13-4)6(10)11/h14H,3H2,1-2H3,(H3,10,11)(H4,8,9,12). The van der Waals surface area contributed by atoms with E-state index in [0.717, 1.165) is 5.71 Å². The molecule has 0 aliphatic carbocycles. The number of hydrazone groups is 2.